The van der Waals surface area contributed by atoms with E-state index in [4.69, 9.17) is 9.15 Å². The summed E-state index contributed by atoms with van der Waals surface area (Å²) < 4.78 is 66.2. The van der Waals surface area contributed by atoms with Crippen molar-refractivity contribution < 1.29 is 35.9 Å². The number of amides is 1. The van der Waals surface area contributed by atoms with Crippen molar-refractivity contribution in [1.82, 2.24) is 4.72 Å². The molecule has 2 N–H and O–H groups in total. The van der Waals surface area contributed by atoms with Crippen LogP contribution in [0.1, 0.15) is 31.3 Å². The van der Waals surface area contributed by atoms with E-state index >= 15 is 0 Å². The van der Waals surface area contributed by atoms with Gasteiger partial charge in [0.15, 0.2) is 17.3 Å². The molecule has 0 spiro atoms. The molecule has 0 aliphatic carbocycles. The van der Waals surface area contributed by atoms with Gasteiger partial charge in [0.1, 0.15) is 0 Å². The molecule has 0 aliphatic heterocycles. The normalized spacial score (nSPS) is 12.1. The lowest BCUT2D eigenvalue weighted by Crippen LogP contribution is -2.40. The number of nitrogens with one attached hydrogen (secondary N) is 2. The summed E-state index contributed by atoms with van der Waals surface area (Å²) in [6.07, 6.45) is 0. The van der Waals surface area contributed by atoms with Gasteiger partial charge in [-0.25, -0.2) is 13.1 Å². The first-order valence-electron chi connectivity index (χ1n) is 7.99. The Morgan fingerprint density at radius 2 is 1.82 bits per heavy atom. The third-order valence-electron chi connectivity index (χ3n) is 3.15. The van der Waals surface area contributed by atoms with E-state index in [1.807, 2.05) is 0 Å². The Morgan fingerprint density at radius 1 is 1.14 bits per heavy atom. The van der Waals surface area contributed by atoms with Gasteiger partial charge in [-0.2, -0.15) is 8.78 Å². The summed E-state index contributed by atoms with van der Waals surface area (Å²) in [5, 5.41) is 1.98. The first kappa shape index (κ1) is 21.6. The molecular weight excluding hydrogens is 398 g/mol. The second-order valence-electron chi connectivity index (χ2n) is 6.67. The highest BCUT2D eigenvalue weighted by molar-refractivity contribution is 7.89. The number of carbonyl (C=O) groups is 1. The van der Waals surface area contributed by atoms with Gasteiger partial charge in [-0.1, -0.05) is 0 Å². The van der Waals surface area contributed by atoms with Crippen molar-refractivity contribution in [1.29, 1.82) is 0 Å². The maximum atomic E-state index is 12.5. The largest absolute Gasteiger partial charge is 0.493 e. The molecule has 0 atom stereocenters. The van der Waals surface area contributed by atoms with Gasteiger partial charge in [-0.3, -0.25) is 4.79 Å². The summed E-state index contributed by atoms with van der Waals surface area (Å²) in [5.41, 5.74) is -0.617. The number of halogens is 2. The molecule has 1 aromatic carbocycles. The molecule has 0 bridgehead atoms. The van der Waals surface area contributed by atoms with E-state index < -0.39 is 33.2 Å². The molecule has 28 heavy (non-hydrogen) atoms. The van der Waals surface area contributed by atoms with Crippen LogP contribution in [-0.2, 0) is 10.0 Å². The number of hydrogen-bond acceptors (Lipinski definition) is 6. The molecule has 0 aliphatic rings. The summed E-state index contributed by atoms with van der Waals surface area (Å²) in [5.74, 6) is -1.27. The van der Waals surface area contributed by atoms with Crippen molar-refractivity contribution in [2.45, 2.75) is 38.0 Å². The zero-order valence-corrected chi connectivity index (χ0v) is 16.4. The van der Waals surface area contributed by atoms with Crippen LogP contribution in [-0.4, -0.2) is 33.6 Å². The number of anilines is 1. The number of ether oxygens (including phenoxy) is 2. The van der Waals surface area contributed by atoms with E-state index in [9.17, 15) is 22.0 Å². The van der Waals surface area contributed by atoms with Gasteiger partial charge in [0.05, 0.1) is 7.11 Å². The van der Waals surface area contributed by atoms with Crippen molar-refractivity contribution >= 4 is 21.6 Å². The number of benzene rings is 1. The quantitative estimate of drug-likeness (QED) is 0.715. The Morgan fingerprint density at radius 3 is 2.39 bits per heavy atom. The molecule has 0 saturated heterocycles. The van der Waals surface area contributed by atoms with Crippen LogP contribution < -0.4 is 19.5 Å². The molecule has 11 heteroatoms. The van der Waals surface area contributed by atoms with E-state index in [0.717, 1.165) is 12.1 Å². The number of rotatable bonds is 7. The van der Waals surface area contributed by atoms with Crippen LogP contribution >= 0.6 is 0 Å². The minimum atomic E-state index is -3.95. The summed E-state index contributed by atoms with van der Waals surface area (Å²) in [6.45, 7) is 1.89. The first-order chi connectivity index (χ1) is 12.9. The average molecular weight is 418 g/mol. The summed E-state index contributed by atoms with van der Waals surface area (Å²) in [6, 6.07) is 6.20. The molecule has 1 amide bonds. The summed E-state index contributed by atoms with van der Waals surface area (Å²) in [4.78, 5) is 12.3. The SMILES string of the molecule is COc1ccc(NC(=O)c2ccc(S(=O)(=O)NC(C)(C)C)o2)cc1OC(F)F. The topological polar surface area (TPSA) is 107 Å². The second-order valence-corrected chi connectivity index (χ2v) is 8.29. The zero-order chi connectivity index (χ0) is 21.1. The fourth-order valence-electron chi connectivity index (χ4n) is 2.18. The van der Waals surface area contributed by atoms with E-state index in [1.165, 1.54) is 25.3 Å². The minimum absolute atomic E-state index is 0.0536. The maximum Gasteiger partial charge on any atom is 0.387 e. The van der Waals surface area contributed by atoms with Gasteiger partial charge in [0.25, 0.3) is 15.9 Å². The summed E-state index contributed by atoms with van der Waals surface area (Å²) in [7, 11) is -2.67. The van der Waals surface area contributed by atoms with Crippen molar-refractivity contribution in [2.24, 2.45) is 0 Å². The lowest BCUT2D eigenvalue weighted by molar-refractivity contribution is -0.0511. The minimum Gasteiger partial charge on any atom is -0.493 e. The molecule has 0 radical (unpaired) electrons. The zero-order valence-electron chi connectivity index (χ0n) is 15.6. The Kier molecular flexibility index (Phi) is 6.30. The van der Waals surface area contributed by atoms with E-state index in [-0.39, 0.29) is 22.9 Å². The fraction of sp³-hybridized carbons (Fsp3) is 0.353. The molecule has 1 heterocycles. The third kappa shape index (κ3) is 5.67. The molecular formula is C17H20F2N2O6S. The fourth-order valence-corrected chi connectivity index (χ4v) is 3.53. The lowest BCUT2D eigenvalue weighted by atomic mass is 10.1. The number of methoxy groups -OCH3 is 1. The van der Waals surface area contributed by atoms with E-state index in [2.05, 4.69) is 14.8 Å². The molecule has 0 saturated carbocycles. The highest BCUT2D eigenvalue weighted by Crippen LogP contribution is 2.31. The molecule has 8 nitrogen and oxygen atoms in total. The number of hydrogen-bond donors (Lipinski definition) is 2. The molecule has 154 valence electrons. The molecule has 1 aromatic heterocycles. The van der Waals surface area contributed by atoms with Crippen molar-refractivity contribution in [3.05, 3.63) is 36.1 Å². The number of carbonyl (C=O) groups excluding carboxylic acids is 1. The number of alkyl halides is 2. The van der Waals surface area contributed by atoms with Gasteiger partial charge in [0.2, 0.25) is 5.09 Å². The van der Waals surface area contributed by atoms with E-state index in [1.54, 1.807) is 20.8 Å². The van der Waals surface area contributed by atoms with Crippen LogP contribution in [0, 0.1) is 0 Å². The van der Waals surface area contributed by atoms with Gasteiger partial charge in [0, 0.05) is 17.3 Å². The molecule has 2 rings (SSSR count). The van der Waals surface area contributed by atoms with Crippen LogP contribution in [0.25, 0.3) is 0 Å². The third-order valence-corrected chi connectivity index (χ3v) is 4.78. The van der Waals surface area contributed by atoms with Gasteiger partial charge >= 0.3 is 6.61 Å². The molecule has 0 fully saturated rings. The van der Waals surface area contributed by atoms with Gasteiger partial charge < -0.3 is 19.2 Å². The highest BCUT2D eigenvalue weighted by Gasteiger charge is 2.26. The Bertz CT molecular complexity index is 951. The van der Waals surface area contributed by atoms with Crippen LogP contribution in [0.5, 0.6) is 11.5 Å². The van der Waals surface area contributed by atoms with Crippen LogP contribution in [0.15, 0.2) is 39.8 Å². The first-order valence-corrected chi connectivity index (χ1v) is 9.47. The van der Waals surface area contributed by atoms with Crippen LogP contribution in [0.3, 0.4) is 0 Å². The van der Waals surface area contributed by atoms with Crippen molar-refractivity contribution in [3.63, 3.8) is 0 Å². The predicted molar refractivity (Wildman–Crippen MR) is 96.4 cm³/mol. The van der Waals surface area contributed by atoms with Gasteiger partial charge in [-0.05, 0) is 45.0 Å². The average Bonchev–Trinajstić information content (AvgIpc) is 3.03. The lowest BCUT2D eigenvalue weighted by Gasteiger charge is -2.18. The van der Waals surface area contributed by atoms with Crippen LogP contribution in [0.4, 0.5) is 14.5 Å². The Hall–Kier alpha value is -2.66. The smallest absolute Gasteiger partial charge is 0.387 e. The van der Waals surface area contributed by atoms with Gasteiger partial charge in [-0.15, -0.1) is 0 Å². The predicted octanol–water partition coefficient (Wildman–Crippen LogP) is 3.22. The molecule has 0 unspecified atom stereocenters. The standard InChI is InChI=1S/C17H20F2N2O6S/c1-17(2,3)21-28(23,24)14-8-7-12(26-14)15(22)20-10-5-6-11(25-4)13(9-10)27-16(18)19/h5-9,16,21H,1-4H3,(H,20,22). The number of furan rings is 1. The number of sulfonamides is 1. The monoisotopic (exact) mass is 418 g/mol. The van der Waals surface area contributed by atoms with Crippen LogP contribution in [0.2, 0.25) is 0 Å². The Labute approximate surface area is 160 Å². The highest BCUT2D eigenvalue weighted by atomic mass is 32.2. The summed E-state index contributed by atoms with van der Waals surface area (Å²) >= 11 is 0. The van der Waals surface area contributed by atoms with Crippen molar-refractivity contribution in [2.75, 3.05) is 12.4 Å². The van der Waals surface area contributed by atoms with Crippen molar-refractivity contribution in [3.8, 4) is 11.5 Å². The maximum absolute atomic E-state index is 12.5. The van der Waals surface area contributed by atoms with E-state index in [0.29, 0.717) is 0 Å². The second kappa shape index (κ2) is 8.15. The molecule has 2 aromatic rings. The Balaban J connectivity index is 2.19.